The molecule has 0 aliphatic rings. The lowest BCUT2D eigenvalue weighted by Crippen LogP contribution is -2.30. The van der Waals surface area contributed by atoms with E-state index in [0.29, 0.717) is 16.9 Å². The van der Waals surface area contributed by atoms with Crippen LogP contribution >= 0.6 is 11.8 Å². The molecule has 42 heavy (non-hydrogen) atoms. The molecule has 8 nitrogen and oxygen atoms in total. The third-order valence-electron chi connectivity index (χ3n) is 6.09. The van der Waals surface area contributed by atoms with Gasteiger partial charge in [-0.25, -0.2) is 4.79 Å². The molecule has 0 radical (unpaired) electrons. The summed E-state index contributed by atoms with van der Waals surface area (Å²) < 4.78 is 0. The van der Waals surface area contributed by atoms with Gasteiger partial charge in [-0.2, -0.15) is 0 Å². The molecule has 1 unspecified atom stereocenters. The van der Waals surface area contributed by atoms with Gasteiger partial charge in [-0.15, -0.1) is 11.8 Å². The van der Waals surface area contributed by atoms with E-state index in [0.717, 1.165) is 16.0 Å². The molecule has 0 fully saturated rings. The SMILES string of the molecule is Cc1ccc(/C=C(\NC(=O)c2ccccc2)C(=O)Nc2ccc(SC(C)C(=O)Nc3cccc(C(=O)O)c3)cc2)cc1. The minimum Gasteiger partial charge on any atom is -0.478 e. The first kappa shape index (κ1) is 29.8. The molecule has 0 aliphatic carbocycles. The number of rotatable bonds is 10. The Morgan fingerprint density at radius 3 is 2.10 bits per heavy atom. The molecule has 212 valence electrons. The van der Waals surface area contributed by atoms with Crippen LogP contribution in [-0.4, -0.2) is 34.0 Å². The van der Waals surface area contributed by atoms with Crippen molar-refractivity contribution in [2.24, 2.45) is 0 Å². The molecule has 4 rings (SSSR count). The van der Waals surface area contributed by atoms with Gasteiger partial charge in [0.15, 0.2) is 0 Å². The fraction of sp³-hybridized carbons (Fsp3) is 0.0909. The van der Waals surface area contributed by atoms with Crippen LogP contribution in [0.25, 0.3) is 6.08 Å². The number of carboxylic acids is 1. The smallest absolute Gasteiger partial charge is 0.335 e. The second-order valence-electron chi connectivity index (χ2n) is 9.40. The van der Waals surface area contributed by atoms with Crippen LogP contribution in [0.2, 0.25) is 0 Å². The zero-order valence-electron chi connectivity index (χ0n) is 23.0. The molecule has 9 heteroatoms. The molecule has 0 aromatic heterocycles. The molecule has 0 saturated carbocycles. The first-order valence-electron chi connectivity index (χ1n) is 13.0. The predicted octanol–water partition coefficient (Wildman–Crippen LogP) is 6.22. The van der Waals surface area contributed by atoms with Crippen LogP contribution in [0.4, 0.5) is 11.4 Å². The van der Waals surface area contributed by atoms with Crippen molar-refractivity contribution >= 4 is 52.9 Å². The molecule has 0 aliphatic heterocycles. The Bertz CT molecular complexity index is 1620. The van der Waals surface area contributed by atoms with Crippen LogP contribution in [0.15, 0.2) is 114 Å². The van der Waals surface area contributed by atoms with Gasteiger partial charge in [0, 0.05) is 21.8 Å². The number of nitrogens with one attached hydrogen (secondary N) is 3. The van der Waals surface area contributed by atoms with Crippen molar-refractivity contribution in [2.45, 2.75) is 24.0 Å². The quantitative estimate of drug-likeness (QED) is 0.131. The van der Waals surface area contributed by atoms with Gasteiger partial charge >= 0.3 is 5.97 Å². The van der Waals surface area contributed by atoms with Gasteiger partial charge in [0.05, 0.1) is 10.8 Å². The molecular formula is C33H29N3O5S. The maximum Gasteiger partial charge on any atom is 0.335 e. The van der Waals surface area contributed by atoms with Crippen LogP contribution in [0.5, 0.6) is 0 Å². The summed E-state index contributed by atoms with van der Waals surface area (Å²) in [7, 11) is 0. The highest BCUT2D eigenvalue weighted by Crippen LogP contribution is 2.26. The Balaban J connectivity index is 1.42. The zero-order chi connectivity index (χ0) is 30.1. The first-order chi connectivity index (χ1) is 20.2. The maximum atomic E-state index is 13.3. The Labute approximate surface area is 247 Å². The Morgan fingerprint density at radius 1 is 0.762 bits per heavy atom. The van der Waals surface area contributed by atoms with Gasteiger partial charge < -0.3 is 21.1 Å². The molecule has 4 N–H and O–H groups in total. The zero-order valence-corrected chi connectivity index (χ0v) is 23.8. The molecule has 0 saturated heterocycles. The second-order valence-corrected chi connectivity index (χ2v) is 10.8. The topological polar surface area (TPSA) is 125 Å². The second kappa shape index (κ2) is 14.0. The highest BCUT2D eigenvalue weighted by molar-refractivity contribution is 8.00. The number of benzene rings is 4. The first-order valence-corrected chi connectivity index (χ1v) is 13.9. The summed E-state index contributed by atoms with van der Waals surface area (Å²) in [6.07, 6.45) is 1.62. The molecule has 1 atom stereocenters. The van der Waals surface area contributed by atoms with Gasteiger partial charge in [0.1, 0.15) is 5.70 Å². The highest BCUT2D eigenvalue weighted by atomic mass is 32.2. The van der Waals surface area contributed by atoms with E-state index in [1.165, 1.54) is 23.9 Å². The lowest BCUT2D eigenvalue weighted by atomic mass is 10.1. The van der Waals surface area contributed by atoms with Crippen molar-refractivity contribution in [1.82, 2.24) is 5.32 Å². The Kier molecular flexibility index (Phi) is 9.91. The van der Waals surface area contributed by atoms with E-state index in [9.17, 15) is 19.2 Å². The van der Waals surface area contributed by atoms with Crippen molar-refractivity contribution in [2.75, 3.05) is 10.6 Å². The molecular weight excluding hydrogens is 550 g/mol. The molecule has 0 heterocycles. The number of hydrogen-bond acceptors (Lipinski definition) is 5. The standard InChI is InChI=1S/C33H29N3O5S/c1-21-11-13-23(14-12-21)19-29(36-31(38)24-7-4-3-5-8-24)32(39)34-26-15-17-28(18-16-26)42-22(2)30(37)35-27-10-6-9-25(20-27)33(40)41/h3-20,22H,1-2H3,(H,34,39)(H,35,37)(H,36,38)(H,40,41)/b29-19-. The van der Waals surface area contributed by atoms with E-state index in [1.54, 1.807) is 73.7 Å². The van der Waals surface area contributed by atoms with E-state index in [4.69, 9.17) is 5.11 Å². The van der Waals surface area contributed by atoms with E-state index >= 15 is 0 Å². The van der Waals surface area contributed by atoms with Crippen molar-refractivity contribution in [3.05, 3.63) is 131 Å². The molecule has 0 bridgehead atoms. The predicted molar refractivity (Wildman–Crippen MR) is 165 cm³/mol. The third-order valence-corrected chi connectivity index (χ3v) is 7.20. The normalized spacial score (nSPS) is 11.7. The van der Waals surface area contributed by atoms with Gasteiger partial charge in [0.2, 0.25) is 5.91 Å². The number of carboxylic acid groups (broad SMARTS) is 1. The Morgan fingerprint density at radius 2 is 1.43 bits per heavy atom. The summed E-state index contributed by atoms with van der Waals surface area (Å²) in [5, 5.41) is 17.0. The number of anilines is 2. The van der Waals surface area contributed by atoms with Gasteiger partial charge in [-0.3, -0.25) is 14.4 Å². The summed E-state index contributed by atoms with van der Waals surface area (Å²) >= 11 is 1.31. The number of aromatic carboxylic acids is 1. The van der Waals surface area contributed by atoms with Crippen molar-refractivity contribution in [3.8, 4) is 0 Å². The van der Waals surface area contributed by atoms with Gasteiger partial charge in [-0.1, -0.05) is 54.1 Å². The minimum atomic E-state index is -1.07. The number of aryl methyl sites for hydroxylation is 1. The summed E-state index contributed by atoms with van der Waals surface area (Å²) in [6, 6.07) is 29.2. The highest BCUT2D eigenvalue weighted by Gasteiger charge is 2.17. The Hall–Kier alpha value is -5.15. The van der Waals surface area contributed by atoms with Gasteiger partial charge in [-0.05, 0) is 80.1 Å². The summed E-state index contributed by atoms with van der Waals surface area (Å²) in [5.41, 5.74) is 3.34. The average Bonchev–Trinajstić information content (AvgIpc) is 2.99. The van der Waals surface area contributed by atoms with Crippen molar-refractivity contribution in [1.29, 1.82) is 0 Å². The molecule has 4 aromatic rings. The summed E-state index contributed by atoms with van der Waals surface area (Å²) in [4.78, 5) is 50.7. The number of carbonyl (C=O) groups is 4. The third kappa shape index (κ3) is 8.42. The maximum absolute atomic E-state index is 13.3. The summed E-state index contributed by atoms with van der Waals surface area (Å²) in [5.74, 6) is -2.24. The van der Waals surface area contributed by atoms with E-state index in [-0.39, 0.29) is 17.2 Å². The average molecular weight is 580 g/mol. The number of amides is 3. The van der Waals surface area contributed by atoms with Crippen LogP contribution in [0, 0.1) is 6.92 Å². The fourth-order valence-electron chi connectivity index (χ4n) is 3.82. The van der Waals surface area contributed by atoms with Crippen molar-refractivity contribution in [3.63, 3.8) is 0 Å². The van der Waals surface area contributed by atoms with Crippen molar-refractivity contribution < 1.29 is 24.3 Å². The van der Waals surface area contributed by atoms with Gasteiger partial charge in [0.25, 0.3) is 11.8 Å². The molecule has 3 amide bonds. The van der Waals surface area contributed by atoms with E-state index in [1.807, 2.05) is 37.3 Å². The number of thioether (sulfide) groups is 1. The van der Waals surface area contributed by atoms with Crippen LogP contribution < -0.4 is 16.0 Å². The van der Waals surface area contributed by atoms with Crippen LogP contribution in [0.1, 0.15) is 38.8 Å². The number of carbonyl (C=O) groups excluding carboxylic acids is 3. The van der Waals surface area contributed by atoms with Crippen LogP contribution in [0.3, 0.4) is 0 Å². The van der Waals surface area contributed by atoms with E-state index < -0.39 is 23.0 Å². The van der Waals surface area contributed by atoms with E-state index in [2.05, 4.69) is 16.0 Å². The lowest BCUT2D eigenvalue weighted by Gasteiger charge is -2.14. The fourth-order valence-corrected chi connectivity index (χ4v) is 4.69. The number of hydrogen-bond donors (Lipinski definition) is 4. The van der Waals surface area contributed by atoms with Crippen LogP contribution in [-0.2, 0) is 9.59 Å². The summed E-state index contributed by atoms with van der Waals surface area (Å²) in [6.45, 7) is 3.71. The lowest BCUT2D eigenvalue weighted by molar-refractivity contribution is -0.115. The molecule has 4 aromatic carbocycles. The minimum absolute atomic E-state index is 0.0854. The molecule has 0 spiro atoms. The largest absolute Gasteiger partial charge is 0.478 e. The monoisotopic (exact) mass is 579 g/mol.